The highest BCUT2D eigenvalue weighted by Crippen LogP contribution is 2.36. The molecule has 5 aromatic rings. The fourth-order valence-electron chi connectivity index (χ4n) is 4.86. The second kappa shape index (κ2) is 8.12. The first-order chi connectivity index (χ1) is 17.3. The van der Waals surface area contributed by atoms with Crippen LogP contribution in [0.5, 0.6) is 0 Å². The smallest absolute Gasteiger partial charge is 0.271 e. The lowest BCUT2D eigenvalue weighted by Gasteiger charge is -2.38. The Balaban J connectivity index is 1.59. The maximum Gasteiger partial charge on any atom is 0.271 e. The van der Waals surface area contributed by atoms with Crippen molar-refractivity contribution in [2.45, 2.75) is 38.6 Å². The molecule has 1 aliphatic carbocycles. The highest BCUT2D eigenvalue weighted by Gasteiger charge is 2.34. The molecule has 1 aliphatic rings. The maximum atomic E-state index is 13.7. The predicted molar refractivity (Wildman–Crippen MR) is 138 cm³/mol. The quantitative estimate of drug-likeness (QED) is 0.363. The molecular formula is C28H25FN6O. The molecule has 2 aromatic carbocycles. The second-order valence-corrected chi connectivity index (χ2v) is 9.75. The van der Waals surface area contributed by atoms with Crippen LogP contribution in [0.25, 0.3) is 39.1 Å². The van der Waals surface area contributed by atoms with Gasteiger partial charge in [0.1, 0.15) is 11.5 Å². The van der Waals surface area contributed by atoms with Crippen molar-refractivity contribution in [3.63, 3.8) is 0 Å². The van der Waals surface area contributed by atoms with E-state index in [9.17, 15) is 9.18 Å². The third kappa shape index (κ3) is 3.66. The molecule has 36 heavy (non-hydrogen) atoms. The Morgan fingerprint density at radius 3 is 2.56 bits per heavy atom. The van der Waals surface area contributed by atoms with Crippen LogP contribution in [0.4, 0.5) is 10.2 Å². The number of nitrogens with two attached hydrogens (primary N) is 1. The van der Waals surface area contributed by atoms with Crippen LogP contribution >= 0.6 is 0 Å². The summed E-state index contributed by atoms with van der Waals surface area (Å²) in [6.07, 6.45) is 6.47. The van der Waals surface area contributed by atoms with Crippen LogP contribution in [0.2, 0.25) is 0 Å². The minimum absolute atomic E-state index is 0.186. The van der Waals surface area contributed by atoms with Gasteiger partial charge < -0.3 is 11.1 Å². The molecular weight excluding hydrogens is 455 g/mol. The fraction of sp³-hybridized carbons (Fsp3) is 0.214. The number of pyridine rings is 1. The number of imidazole rings is 1. The molecule has 180 valence electrons. The van der Waals surface area contributed by atoms with Crippen molar-refractivity contribution in [2.24, 2.45) is 0 Å². The number of aromatic nitrogens is 4. The maximum absolute atomic E-state index is 13.7. The van der Waals surface area contributed by atoms with E-state index in [0.29, 0.717) is 22.6 Å². The van der Waals surface area contributed by atoms with Crippen LogP contribution in [-0.2, 0) is 0 Å². The summed E-state index contributed by atoms with van der Waals surface area (Å²) in [5.74, 6) is -0.397. The number of halogens is 1. The highest BCUT2D eigenvalue weighted by atomic mass is 19.1. The minimum atomic E-state index is -0.340. The number of carbonyl (C=O) groups excluding carboxylic acids is 1. The molecule has 1 amide bonds. The van der Waals surface area contributed by atoms with Gasteiger partial charge in [0, 0.05) is 34.4 Å². The van der Waals surface area contributed by atoms with E-state index in [1.165, 1.54) is 12.1 Å². The summed E-state index contributed by atoms with van der Waals surface area (Å²) >= 11 is 0. The standard InChI is InChI=1S/C28H25FN6O/c1-16-10-13-31-21-9-6-18(14-20(16)21)24-23(17-4-7-19(29)8-5-17)33-25(30)26-32-22(15-35(24)26)27(36)34-28(2)11-3-12-28/h4-10,13-15H,3,11-12H2,1-2H3,(H2,30,33)(H,34,36). The number of amides is 1. The predicted octanol–water partition coefficient (Wildman–Crippen LogP) is 5.31. The number of nitrogen functional groups attached to an aromatic ring is 1. The lowest BCUT2D eigenvalue weighted by molar-refractivity contribution is 0.0846. The molecule has 8 heteroatoms. The number of aryl methyl sites for hydroxylation is 1. The summed E-state index contributed by atoms with van der Waals surface area (Å²) < 4.78 is 15.5. The Kier molecular flexibility index (Phi) is 5.00. The first-order valence-corrected chi connectivity index (χ1v) is 11.9. The van der Waals surface area contributed by atoms with Gasteiger partial charge in [-0.05, 0) is 81.1 Å². The first-order valence-electron chi connectivity index (χ1n) is 11.9. The van der Waals surface area contributed by atoms with E-state index >= 15 is 0 Å². The van der Waals surface area contributed by atoms with Gasteiger partial charge in [-0.3, -0.25) is 14.2 Å². The topological polar surface area (TPSA) is 98.2 Å². The zero-order chi connectivity index (χ0) is 25.0. The van der Waals surface area contributed by atoms with Gasteiger partial charge in [0.25, 0.3) is 5.91 Å². The fourth-order valence-corrected chi connectivity index (χ4v) is 4.86. The van der Waals surface area contributed by atoms with Crippen LogP contribution in [-0.4, -0.2) is 30.8 Å². The largest absolute Gasteiger partial charge is 0.381 e. The number of nitrogens with zero attached hydrogens (tertiary/aromatic N) is 4. The van der Waals surface area contributed by atoms with Gasteiger partial charge in [0.05, 0.1) is 16.9 Å². The SMILES string of the molecule is Cc1ccnc2ccc(-c3c(-c4ccc(F)cc4)nc(N)c4nc(C(=O)NC5(C)CCC5)cn34)cc12. The minimum Gasteiger partial charge on any atom is -0.381 e. The summed E-state index contributed by atoms with van der Waals surface area (Å²) in [5.41, 5.74) is 11.6. The number of hydrogen-bond donors (Lipinski definition) is 2. The van der Waals surface area contributed by atoms with Crippen molar-refractivity contribution < 1.29 is 9.18 Å². The number of benzene rings is 2. The summed E-state index contributed by atoms with van der Waals surface area (Å²) in [6, 6.07) is 14.0. The number of fused-ring (bicyclic) bond motifs is 2. The molecule has 0 aliphatic heterocycles. The molecule has 3 N–H and O–H groups in total. The van der Waals surface area contributed by atoms with Gasteiger partial charge in [-0.15, -0.1) is 0 Å². The Morgan fingerprint density at radius 2 is 1.83 bits per heavy atom. The van der Waals surface area contributed by atoms with E-state index in [0.717, 1.165) is 41.3 Å². The van der Waals surface area contributed by atoms with E-state index in [1.807, 2.05) is 42.5 Å². The third-order valence-electron chi connectivity index (χ3n) is 7.09. The van der Waals surface area contributed by atoms with Crippen LogP contribution in [0, 0.1) is 12.7 Å². The first kappa shape index (κ1) is 22.2. The van der Waals surface area contributed by atoms with Crippen molar-refractivity contribution in [3.05, 3.63) is 78.0 Å². The third-order valence-corrected chi connectivity index (χ3v) is 7.09. The molecule has 0 saturated heterocycles. The van der Waals surface area contributed by atoms with Gasteiger partial charge in [0.15, 0.2) is 11.5 Å². The lowest BCUT2D eigenvalue weighted by Crippen LogP contribution is -2.51. The molecule has 0 unspecified atom stereocenters. The second-order valence-electron chi connectivity index (χ2n) is 9.75. The number of nitrogens with one attached hydrogen (secondary N) is 1. The van der Waals surface area contributed by atoms with E-state index in [-0.39, 0.29) is 28.8 Å². The van der Waals surface area contributed by atoms with Crippen LogP contribution in [0.15, 0.2) is 60.9 Å². The van der Waals surface area contributed by atoms with Crippen LogP contribution < -0.4 is 11.1 Å². The molecule has 6 rings (SSSR count). The Hall–Kier alpha value is -4.33. The summed E-state index contributed by atoms with van der Waals surface area (Å²) in [4.78, 5) is 26.8. The molecule has 1 saturated carbocycles. The molecule has 0 radical (unpaired) electrons. The van der Waals surface area contributed by atoms with Crippen molar-refractivity contribution in [2.75, 3.05) is 5.73 Å². The number of carbonyl (C=O) groups is 1. The molecule has 3 heterocycles. The average Bonchev–Trinajstić information content (AvgIpc) is 3.30. The van der Waals surface area contributed by atoms with E-state index < -0.39 is 0 Å². The monoisotopic (exact) mass is 480 g/mol. The van der Waals surface area contributed by atoms with Crippen molar-refractivity contribution in [1.29, 1.82) is 0 Å². The summed E-state index contributed by atoms with van der Waals surface area (Å²) in [5, 5.41) is 4.11. The van der Waals surface area contributed by atoms with Gasteiger partial charge in [0.2, 0.25) is 0 Å². The van der Waals surface area contributed by atoms with Crippen molar-refractivity contribution >= 4 is 28.3 Å². The van der Waals surface area contributed by atoms with Crippen LogP contribution in [0.3, 0.4) is 0 Å². The van der Waals surface area contributed by atoms with Gasteiger partial charge in [-0.1, -0.05) is 6.07 Å². The van der Waals surface area contributed by atoms with E-state index in [4.69, 9.17) is 5.73 Å². The highest BCUT2D eigenvalue weighted by molar-refractivity contribution is 5.95. The molecule has 0 spiro atoms. The summed E-state index contributed by atoms with van der Waals surface area (Å²) in [7, 11) is 0. The molecule has 3 aromatic heterocycles. The number of anilines is 1. The van der Waals surface area contributed by atoms with Crippen molar-refractivity contribution in [3.8, 4) is 22.5 Å². The number of hydrogen-bond acceptors (Lipinski definition) is 5. The van der Waals surface area contributed by atoms with E-state index in [1.54, 1.807) is 24.5 Å². The van der Waals surface area contributed by atoms with Gasteiger partial charge in [-0.2, -0.15) is 0 Å². The molecule has 7 nitrogen and oxygen atoms in total. The lowest BCUT2D eigenvalue weighted by atomic mass is 9.78. The number of rotatable bonds is 4. The molecule has 0 bridgehead atoms. The van der Waals surface area contributed by atoms with Gasteiger partial charge in [-0.25, -0.2) is 14.4 Å². The summed E-state index contributed by atoms with van der Waals surface area (Å²) in [6.45, 7) is 4.08. The van der Waals surface area contributed by atoms with Gasteiger partial charge >= 0.3 is 0 Å². The average molecular weight is 481 g/mol. The zero-order valence-electron chi connectivity index (χ0n) is 20.0. The Bertz CT molecular complexity index is 1650. The van der Waals surface area contributed by atoms with E-state index in [2.05, 4.69) is 20.3 Å². The Morgan fingerprint density at radius 1 is 1.08 bits per heavy atom. The van der Waals surface area contributed by atoms with Crippen LogP contribution in [0.1, 0.15) is 42.2 Å². The zero-order valence-corrected chi connectivity index (χ0v) is 20.0. The molecule has 0 atom stereocenters. The normalized spacial score (nSPS) is 14.6. The Labute approximate surface area is 207 Å². The van der Waals surface area contributed by atoms with Crippen molar-refractivity contribution in [1.82, 2.24) is 24.7 Å². The molecule has 1 fully saturated rings.